The summed E-state index contributed by atoms with van der Waals surface area (Å²) in [5.74, 6) is 0.294. The SMILES string of the molecule is CCOC(=O)COCC(CC)CC. The van der Waals surface area contributed by atoms with Crippen molar-refractivity contribution in [1.82, 2.24) is 0 Å². The molecule has 0 N–H and O–H groups in total. The van der Waals surface area contributed by atoms with E-state index in [1.165, 1.54) is 0 Å². The molecule has 0 unspecified atom stereocenters. The second kappa shape index (κ2) is 8.05. The fourth-order valence-electron chi connectivity index (χ4n) is 1.04. The molecule has 0 radical (unpaired) electrons. The maximum Gasteiger partial charge on any atom is 0.332 e. The summed E-state index contributed by atoms with van der Waals surface area (Å²) >= 11 is 0. The molecule has 0 aromatic carbocycles. The number of hydrogen-bond donors (Lipinski definition) is 0. The molecule has 0 aromatic rings. The first kappa shape index (κ1) is 12.4. The van der Waals surface area contributed by atoms with Crippen LogP contribution in [-0.4, -0.2) is 25.8 Å². The van der Waals surface area contributed by atoms with Crippen LogP contribution in [-0.2, 0) is 14.3 Å². The Hall–Kier alpha value is -0.570. The average molecular weight is 188 g/mol. The van der Waals surface area contributed by atoms with Crippen molar-refractivity contribution in [3.63, 3.8) is 0 Å². The highest BCUT2D eigenvalue weighted by Gasteiger charge is 2.06. The molecule has 0 aliphatic rings. The van der Waals surface area contributed by atoms with Crippen LogP contribution in [0.4, 0.5) is 0 Å². The van der Waals surface area contributed by atoms with Gasteiger partial charge in [0.1, 0.15) is 6.61 Å². The van der Waals surface area contributed by atoms with Crippen LogP contribution in [0.1, 0.15) is 33.6 Å². The van der Waals surface area contributed by atoms with Gasteiger partial charge in [-0.25, -0.2) is 4.79 Å². The van der Waals surface area contributed by atoms with Crippen molar-refractivity contribution < 1.29 is 14.3 Å². The van der Waals surface area contributed by atoms with E-state index >= 15 is 0 Å². The summed E-state index contributed by atoms with van der Waals surface area (Å²) < 4.78 is 9.94. The number of carbonyl (C=O) groups excluding carboxylic acids is 1. The lowest BCUT2D eigenvalue weighted by molar-refractivity contribution is -0.148. The third-order valence-corrected chi connectivity index (χ3v) is 2.03. The van der Waals surface area contributed by atoms with E-state index in [-0.39, 0.29) is 12.6 Å². The molecular weight excluding hydrogens is 168 g/mol. The van der Waals surface area contributed by atoms with Crippen molar-refractivity contribution in [3.05, 3.63) is 0 Å². The minimum atomic E-state index is -0.270. The molecule has 0 aromatic heterocycles. The van der Waals surface area contributed by atoms with Crippen LogP contribution < -0.4 is 0 Å². The van der Waals surface area contributed by atoms with Gasteiger partial charge in [0.25, 0.3) is 0 Å². The van der Waals surface area contributed by atoms with Crippen molar-refractivity contribution in [2.75, 3.05) is 19.8 Å². The predicted molar refractivity (Wildman–Crippen MR) is 51.5 cm³/mol. The van der Waals surface area contributed by atoms with Crippen LogP contribution in [0.15, 0.2) is 0 Å². The fraction of sp³-hybridized carbons (Fsp3) is 0.900. The van der Waals surface area contributed by atoms with E-state index in [1.54, 1.807) is 6.92 Å². The first-order valence-electron chi connectivity index (χ1n) is 4.97. The molecule has 0 rings (SSSR count). The Bertz CT molecular complexity index is 130. The molecule has 0 atom stereocenters. The molecule has 3 heteroatoms. The molecule has 0 aliphatic heterocycles. The van der Waals surface area contributed by atoms with Gasteiger partial charge in [-0.3, -0.25) is 0 Å². The molecule has 0 aliphatic carbocycles. The Morgan fingerprint density at radius 2 is 1.85 bits per heavy atom. The maximum atomic E-state index is 10.9. The zero-order valence-electron chi connectivity index (χ0n) is 8.84. The molecule has 0 saturated heterocycles. The smallest absolute Gasteiger partial charge is 0.332 e. The van der Waals surface area contributed by atoms with E-state index in [0.29, 0.717) is 19.1 Å². The molecule has 13 heavy (non-hydrogen) atoms. The fourth-order valence-corrected chi connectivity index (χ4v) is 1.04. The standard InChI is InChI=1S/C10H20O3/c1-4-9(5-2)7-12-8-10(11)13-6-3/h9H,4-8H2,1-3H3. The summed E-state index contributed by atoms with van der Waals surface area (Å²) in [6.45, 7) is 7.21. The first-order chi connectivity index (χ1) is 6.24. The van der Waals surface area contributed by atoms with Gasteiger partial charge in [0, 0.05) is 0 Å². The summed E-state index contributed by atoms with van der Waals surface area (Å²) in [6, 6.07) is 0. The Morgan fingerprint density at radius 1 is 1.23 bits per heavy atom. The van der Waals surface area contributed by atoms with Gasteiger partial charge in [0.2, 0.25) is 0 Å². The summed E-state index contributed by atoms with van der Waals surface area (Å²) in [5.41, 5.74) is 0. The van der Waals surface area contributed by atoms with E-state index in [2.05, 4.69) is 13.8 Å². The monoisotopic (exact) mass is 188 g/mol. The molecule has 0 heterocycles. The molecule has 0 spiro atoms. The zero-order chi connectivity index (χ0) is 10.1. The van der Waals surface area contributed by atoms with Crippen LogP contribution in [0.2, 0.25) is 0 Å². The predicted octanol–water partition coefficient (Wildman–Crippen LogP) is 2.00. The molecule has 78 valence electrons. The van der Waals surface area contributed by atoms with Crippen molar-refractivity contribution in [2.45, 2.75) is 33.6 Å². The summed E-state index contributed by atoms with van der Waals surface area (Å²) in [5, 5.41) is 0. The number of hydrogen-bond acceptors (Lipinski definition) is 3. The van der Waals surface area contributed by atoms with Gasteiger partial charge >= 0.3 is 5.97 Å². The van der Waals surface area contributed by atoms with Crippen molar-refractivity contribution in [2.24, 2.45) is 5.92 Å². The van der Waals surface area contributed by atoms with Gasteiger partial charge in [0.05, 0.1) is 13.2 Å². The molecule has 0 saturated carbocycles. The van der Waals surface area contributed by atoms with Crippen molar-refractivity contribution in [1.29, 1.82) is 0 Å². The highest BCUT2D eigenvalue weighted by atomic mass is 16.6. The van der Waals surface area contributed by atoms with E-state index < -0.39 is 0 Å². The van der Waals surface area contributed by atoms with Crippen molar-refractivity contribution in [3.8, 4) is 0 Å². The summed E-state index contributed by atoms with van der Waals surface area (Å²) in [7, 11) is 0. The van der Waals surface area contributed by atoms with Gasteiger partial charge < -0.3 is 9.47 Å². The zero-order valence-corrected chi connectivity index (χ0v) is 8.84. The van der Waals surface area contributed by atoms with Gasteiger partial charge in [-0.15, -0.1) is 0 Å². The third-order valence-electron chi connectivity index (χ3n) is 2.03. The van der Waals surface area contributed by atoms with Crippen molar-refractivity contribution >= 4 is 5.97 Å². The average Bonchev–Trinajstić information content (AvgIpc) is 2.13. The minimum Gasteiger partial charge on any atom is -0.464 e. The Labute approximate surface area is 80.4 Å². The van der Waals surface area contributed by atoms with Gasteiger partial charge in [-0.1, -0.05) is 26.7 Å². The highest BCUT2D eigenvalue weighted by molar-refractivity contribution is 5.70. The highest BCUT2D eigenvalue weighted by Crippen LogP contribution is 2.07. The molecule has 0 amide bonds. The Morgan fingerprint density at radius 3 is 2.31 bits per heavy atom. The number of rotatable bonds is 7. The van der Waals surface area contributed by atoms with E-state index in [0.717, 1.165) is 12.8 Å². The van der Waals surface area contributed by atoms with E-state index in [9.17, 15) is 4.79 Å². The Balaban J connectivity index is 3.37. The normalized spacial score (nSPS) is 10.5. The van der Waals surface area contributed by atoms with Crippen LogP contribution in [0, 0.1) is 5.92 Å². The minimum absolute atomic E-state index is 0.0876. The number of ether oxygens (including phenoxy) is 2. The maximum absolute atomic E-state index is 10.9. The molecular formula is C10H20O3. The van der Waals surface area contributed by atoms with Crippen LogP contribution in [0.25, 0.3) is 0 Å². The van der Waals surface area contributed by atoms with Crippen LogP contribution >= 0.6 is 0 Å². The lowest BCUT2D eigenvalue weighted by atomic mass is 10.1. The second-order valence-electron chi connectivity index (χ2n) is 3.00. The van der Waals surface area contributed by atoms with E-state index in [4.69, 9.17) is 9.47 Å². The summed E-state index contributed by atoms with van der Waals surface area (Å²) in [6.07, 6.45) is 2.19. The van der Waals surface area contributed by atoms with E-state index in [1.807, 2.05) is 0 Å². The van der Waals surface area contributed by atoms with Crippen LogP contribution in [0.5, 0.6) is 0 Å². The third kappa shape index (κ3) is 6.58. The first-order valence-corrected chi connectivity index (χ1v) is 4.97. The summed E-state index contributed by atoms with van der Waals surface area (Å²) in [4.78, 5) is 10.9. The molecule has 3 nitrogen and oxygen atoms in total. The van der Waals surface area contributed by atoms with Gasteiger partial charge in [-0.05, 0) is 12.8 Å². The van der Waals surface area contributed by atoms with Gasteiger partial charge in [0.15, 0.2) is 0 Å². The van der Waals surface area contributed by atoms with Gasteiger partial charge in [-0.2, -0.15) is 0 Å². The Kier molecular flexibility index (Phi) is 7.69. The lowest BCUT2D eigenvalue weighted by Gasteiger charge is -2.11. The lowest BCUT2D eigenvalue weighted by Crippen LogP contribution is -2.16. The number of esters is 1. The number of carbonyl (C=O) groups is 1. The largest absolute Gasteiger partial charge is 0.464 e. The quantitative estimate of drug-likeness (QED) is 0.573. The molecule has 0 bridgehead atoms. The second-order valence-corrected chi connectivity index (χ2v) is 3.00. The van der Waals surface area contributed by atoms with Crippen LogP contribution in [0.3, 0.4) is 0 Å². The topological polar surface area (TPSA) is 35.5 Å². The molecule has 0 fully saturated rings.